The molecule has 1 amide bonds. The molecule has 1 heterocycles. The van der Waals surface area contributed by atoms with Gasteiger partial charge < -0.3 is 9.64 Å². The van der Waals surface area contributed by atoms with Crippen molar-refractivity contribution in [1.29, 1.82) is 0 Å². The number of amides is 1. The summed E-state index contributed by atoms with van der Waals surface area (Å²) in [6, 6.07) is 0. The SMILES string of the molecule is CCOCC(=O)N1CCCC(S(N)(=O)=O)C1. The van der Waals surface area contributed by atoms with Gasteiger partial charge in [-0.05, 0) is 19.8 Å². The maximum Gasteiger partial charge on any atom is 0.248 e. The third kappa shape index (κ3) is 3.73. The highest BCUT2D eigenvalue weighted by molar-refractivity contribution is 7.89. The van der Waals surface area contributed by atoms with Gasteiger partial charge in [-0.2, -0.15) is 0 Å². The fourth-order valence-corrected chi connectivity index (χ4v) is 2.60. The van der Waals surface area contributed by atoms with Gasteiger partial charge in [0.1, 0.15) is 6.61 Å². The maximum atomic E-state index is 11.6. The Morgan fingerprint density at radius 2 is 2.25 bits per heavy atom. The van der Waals surface area contributed by atoms with Gasteiger partial charge >= 0.3 is 0 Å². The van der Waals surface area contributed by atoms with Crippen LogP contribution < -0.4 is 5.14 Å². The van der Waals surface area contributed by atoms with Gasteiger partial charge in [-0.15, -0.1) is 0 Å². The second kappa shape index (κ2) is 5.60. The van der Waals surface area contributed by atoms with E-state index in [2.05, 4.69) is 0 Å². The van der Waals surface area contributed by atoms with Gasteiger partial charge in [-0.3, -0.25) is 4.79 Å². The molecule has 0 radical (unpaired) electrons. The van der Waals surface area contributed by atoms with Crippen LogP contribution in [0.15, 0.2) is 0 Å². The second-order valence-corrected chi connectivity index (χ2v) is 5.67. The first-order valence-corrected chi connectivity index (χ1v) is 6.93. The number of carbonyl (C=O) groups is 1. The van der Waals surface area contributed by atoms with Crippen molar-refractivity contribution in [3.63, 3.8) is 0 Å². The Morgan fingerprint density at radius 3 is 2.81 bits per heavy atom. The molecule has 0 spiro atoms. The molecule has 1 aliphatic heterocycles. The lowest BCUT2D eigenvalue weighted by molar-refractivity contribution is -0.136. The van der Waals surface area contributed by atoms with E-state index in [0.717, 1.165) is 0 Å². The van der Waals surface area contributed by atoms with Gasteiger partial charge in [-0.1, -0.05) is 0 Å². The average Bonchev–Trinajstić information content (AvgIpc) is 2.25. The Hall–Kier alpha value is -0.660. The van der Waals surface area contributed by atoms with E-state index in [1.54, 1.807) is 6.92 Å². The van der Waals surface area contributed by atoms with Gasteiger partial charge in [0, 0.05) is 19.7 Å². The summed E-state index contributed by atoms with van der Waals surface area (Å²) in [5.74, 6) is -0.171. The van der Waals surface area contributed by atoms with E-state index in [0.29, 0.717) is 26.0 Å². The van der Waals surface area contributed by atoms with Gasteiger partial charge in [0.2, 0.25) is 15.9 Å². The molecule has 94 valence electrons. The van der Waals surface area contributed by atoms with E-state index in [-0.39, 0.29) is 19.1 Å². The van der Waals surface area contributed by atoms with Crippen molar-refractivity contribution in [2.75, 3.05) is 26.3 Å². The molecule has 1 atom stereocenters. The molecule has 0 aliphatic carbocycles. The van der Waals surface area contributed by atoms with E-state index < -0.39 is 15.3 Å². The number of nitrogens with two attached hydrogens (primary N) is 1. The van der Waals surface area contributed by atoms with E-state index in [1.165, 1.54) is 4.90 Å². The molecule has 0 bridgehead atoms. The van der Waals surface area contributed by atoms with Crippen LogP contribution in [0.5, 0.6) is 0 Å². The number of likely N-dealkylation sites (tertiary alicyclic amines) is 1. The Labute approximate surface area is 95.8 Å². The first kappa shape index (κ1) is 13.4. The van der Waals surface area contributed by atoms with Crippen LogP contribution >= 0.6 is 0 Å². The number of nitrogens with zero attached hydrogens (tertiary/aromatic N) is 1. The summed E-state index contributed by atoms with van der Waals surface area (Å²) in [6.07, 6.45) is 1.19. The van der Waals surface area contributed by atoms with E-state index in [9.17, 15) is 13.2 Å². The molecule has 0 aromatic rings. The van der Waals surface area contributed by atoms with Crippen LogP contribution in [-0.4, -0.2) is 50.8 Å². The quantitative estimate of drug-likeness (QED) is 0.714. The molecule has 1 fully saturated rings. The van der Waals surface area contributed by atoms with Crippen molar-refractivity contribution in [3.05, 3.63) is 0 Å². The maximum absolute atomic E-state index is 11.6. The fraction of sp³-hybridized carbons (Fsp3) is 0.889. The van der Waals surface area contributed by atoms with Gasteiger partial charge in [0.15, 0.2) is 0 Å². The summed E-state index contributed by atoms with van der Waals surface area (Å²) in [4.78, 5) is 13.1. The number of hydrogen-bond donors (Lipinski definition) is 1. The number of carbonyl (C=O) groups excluding carboxylic acids is 1. The van der Waals surface area contributed by atoms with Crippen LogP contribution in [0.1, 0.15) is 19.8 Å². The van der Waals surface area contributed by atoms with Crippen molar-refractivity contribution < 1.29 is 17.9 Å². The summed E-state index contributed by atoms with van der Waals surface area (Å²) in [7, 11) is -3.55. The van der Waals surface area contributed by atoms with Crippen molar-refractivity contribution >= 4 is 15.9 Å². The standard InChI is InChI=1S/C9H18N2O4S/c1-2-15-7-9(12)11-5-3-4-8(6-11)16(10,13)14/h8H,2-7H2,1H3,(H2,10,13,14). The minimum atomic E-state index is -3.55. The first-order valence-electron chi connectivity index (χ1n) is 5.32. The van der Waals surface area contributed by atoms with Crippen LogP contribution in [0.25, 0.3) is 0 Å². The van der Waals surface area contributed by atoms with E-state index in [4.69, 9.17) is 9.88 Å². The van der Waals surface area contributed by atoms with E-state index in [1.807, 2.05) is 0 Å². The van der Waals surface area contributed by atoms with Crippen molar-refractivity contribution in [3.8, 4) is 0 Å². The summed E-state index contributed by atoms with van der Waals surface area (Å²) in [5, 5.41) is 4.44. The zero-order valence-electron chi connectivity index (χ0n) is 9.39. The Balaban J connectivity index is 2.54. The molecule has 1 saturated heterocycles. The largest absolute Gasteiger partial charge is 0.372 e. The smallest absolute Gasteiger partial charge is 0.248 e. The number of sulfonamides is 1. The van der Waals surface area contributed by atoms with E-state index >= 15 is 0 Å². The molecule has 1 unspecified atom stereocenters. The average molecular weight is 250 g/mol. The molecule has 6 nitrogen and oxygen atoms in total. The number of ether oxygens (including phenoxy) is 1. The third-order valence-corrected chi connectivity index (χ3v) is 3.94. The molecule has 7 heteroatoms. The molecule has 1 rings (SSSR count). The predicted molar refractivity (Wildman–Crippen MR) is 59.2 cm³/mol. The summed E-state index contributed by atoms with van der Waals surface area (Å²) < 4.78 is 27.4. The first-order chi connectivity index (χ1) is 7.45. The lowest BCUT2D eigenvalue weighted by atomic mass is 10.1. The fourth-order valence-electron chi connectivity index (χ4n) is 1.71. The predicted octanol–water partition coefficient (Wildman–Crippen LogP) is -0.698. The van der Waals surface area contributed by atoms with Gasteiger partial charge in [0.25, 0.3) is 0 Å². The number of primary sulfonamides is 1. The third-order valence-electron chi connectivity index (χ3n) is 2.63. The molecule has 2 N–H and O–H groups in total. The van der Waals surface area contributed by atoms with Crippen molar-refractivity contribution in [2.24, 2.45) is 5.14 Å². The minimum absolute atomic E-state index is 0.00778. The van der Waals surface area contributed by atoms with Crippen molar-refractivity contribution in [1.82, 2.24) is 4.90 Å². The number of piperidine rings is 1. The molecule has 0 saturated carbocycles. The highest BCUT2D eigenvalue weighted by atomic mass is 32.2. The van der Waals surface area contributed by atoms with Crippen LogP contribution in [0.2, 0.25) is 0 Å². The zero-order chi connectivity index (χ0) is 12.2. The summed E-state index contributed by atoms with van der Waals surface area (Å²) >= 11 is 0. The van der Waals surface area contributed by atoms with Crippen molar-refractivity contribution in [2.45, 2.75) is 25.0 Å². The molecular weight excluding hydrogens is 232 g/mol. The zero-order valence-corrected chi connectivity index (χ0v) is 10.2. The summed E-state index contributed by atoms with van der Waals surface area (Å²) in [6.45, 7) is 3.05. The monoisotopic (exact) mass is 250 g/mol. The second-order valence-electron chi connectivity index (χ2n) is 3.83. The molecular formula is C9H18N2O4S. The lowest BCUT2D eigenvalue weighted by Crippen LogP contribution is -2.48. The Kier molecular flexibility index (Phi) is 4.69. The minimum Gasteiger partial charge on any atom is -0.372 e. The number of rotatable bonds is 4. The topological polar surface area (TPSA) is 89.7 Å². The normalized spacial score (nSPS) is 22.1. The van der Waals surface area contributed by atoms with Crippen LogP contribution in [0, 0.1) is 0 Å². The molecule has 1 aliphatic rings. The van der Waals surface area contributed by atoms with Crippen LogP contribution in [-0.2, 0) is 19.6 Å². The van der Waals surface area contributed by atoms with Gasteiger partial charge in [0.05, 0.1) is 5.25 Å². The summed E-state index contributed by atoms with van der Waals surface area (Å²) in [5.41, 5.74) is 0. The van der Waals surface area contributed by atoms with Gasteiger partial charge in [-0.25, -0.2) is 13.6 Å². The molecule has 16 heavy (non-hydrogen) atoms. The van der Waals surface area contributed by atoms with Crippen LogP contribution in [0.4, 0.5) is 0 Å². The molecule has 0 aromatic heterocycles. The Bertz CT molecular complexity index is 341. The molecule has 0 aromatic carbocycles. The number of hydrogen-bond acceptors (Lipinski definition) is 4. The highest BCUT2D eigenvalue weighted by Gasteiger charge is 2.30. The highest BCUT2D eigenvalue weighted by Crippen LogP contribution is 2.15. The van der Waals surface area contributed by atoms with Crippen LogP contribution in [0.3, 0.4) is 0 Å². The Morgan fingerprint density at radius 1 is 1.56 bits per heavy atom. The lowest BCUT2D eigenvalue weighted by Gasteiger charge is -2.31.